The lowest BCUT2D eigenvalue weighted by Gasteiger charge is -2.35. The van der Waals surface area contributed by atoms with Crippen molar-refractivity contribution in [3.8, 4) is 5.69 Å². The number of halogens is 1. The largest absolute Gasteiger partial charge is 0.385 e. The van der Waals surface area contributed by atoms with E-state index in [-0.39, 0.29) is 11.7 Å². The molecule has 1 saturated heterocycles. The lowest BCUT2D eigenvalue weighted by atomic mass is 10.1. The number of carbonyl (C=O) groups is 1. The summed E-state index contributed by atoms with van der Waals surface area (Å²) in [4.78, 5) is 21.0. The van der Waals surface area contributed by atoms with Gasteiger partial charge in [-0.2, -0.15) is 5.10 Å². The maximum Gasteiger partial charge on any atom is 0.228 e. The van der Waals surface area contributed by atoms with Crippen molar-refractivity contribution in [1.82, 2.24) is 19.6 Å². The Balaban J connectivity index is 1.69. The monoisotopic (exact) mass is 499 g/mol. The summed E-state index contributed by atoms with van der Waals surface area (Å²) in [5, 5.41) is 6.83. The lowest BCUT2D eigenvalue weighted by Crippen LogP contribution is -2.45. The van der Waals surface area contributed by atoms with Crippen molar-refractivity contribution in [2.45, 2.75) is 26.3 Å². The molecule has 0 bridgehead atoms. The van der Waals surface area contributed by atoms with Crippen LogP contribution in [0.5, 0.6) is 0 Å². The SMILES string of the molecule is COCCCN(Cc1c(C)nn(-c2cccc(F)c2)c1N1CCN(C)CC1)C(=O)Cc1cccs1. The fourth-order valence-electron chi connectivity index (χ4n) is 4.42. The van der Waals surface area contributed by atoms with Gasteiger partial charge in [-0.25, -0.2) is 9.07 Å². The molecule has 7 nitrogen and oxygen atoms in total. The number of nitrogens with zero attached hydrogens (tertiary/aromatic N) is 5. The zero-order chi connectivity index (χ0) is 24.8. The highest BCUT2D eigenvalue weighted by molar-refractivity contribution is 7.10. The summed E-state index contributed by atoms with van der Waals surface area (Å²) in [6, 6.07) is 10.5. The average molecular weight is 500 g/mol. The topological polar surface area (TPSA) is 53.8 Å². The second-order valence-corrected chi connectivity index (χ2v) is 10.0. The second kappa shape index (κ2) is 11.8. The Morgan fingerprint density at radius 3 is 2.69 bits per heavy atom. The zero-order valence-corrected chi connectivity index (χ0v) is 21.6. The number of methoxy groups -OCH3 is 1. The smallest absolute Gasteiger partial charge is 0.228 e. The van der Waals surface area contributed by atoms with Crippen molar-refractivity contribution in [3.63, 3.8) is 0 Å². The number of ether oxygens (including phenoxy) is 1. The number of rotatable bonds is 10. The molecular formula is C26H34FN5O2S. The van der Waals surface area contributed by atoms with Gasteiger partial charge in [0, 0.05) is 56.9 Å². The third-order valence-electron chi connectivity index (χ3n) is 6.40. The minimum absolute atomic E-state index is 0.0887. The van der Waals surface area contributed by atoms with Crippen LogP contribution in [0.4, 0.5) is 10.2 Å². The molecule has 0 radical (unpaired) electrons. The zero-order valence-electron chi connectivity index (χ0n) is 20.7. The van der Waals surface area contributed by atoms with Crippen LogP contribution in [0, 0.1) is 12.7 Å². The second-order valence-electron chi connectivity index (χ2n) is 8.99. The number of amides is 1. The van der Waals surface area contributed by atoms with Gasteiger partial charge in [-0.1, -0.05) is 12.1 Å². The van der Waals surface area contributed by atoms with Crippen LogP contribution in [0.3, 0.4) is 0 Å². The first-order valence-corrected chi connectivity index (χ1v) is 12.9. The van der Waals surface area contributed by atoms with Crippen LogP contribution in [0.25, 0.3) is 5.69 Å². The number of carbonyl (C=O) groups excluding carboxylic acids is 1. The minimum Gasteiger partial charge on any atom is -0.385 e. The Kier molecular flexibility index (Phi) is 8.54. The van der Waals surface area contributed by atoms with Gasteiger partial charge in [0.1, 0.15) is 11.6 Å². The van der Waals surface area contributed by atoms with Crippen molar-refractivity contribution in [2.75, 3.05) is 58.4 Å². The van der Waals surface area contributed by atoms with E-state index in [1.54, 1.807) is 24.5 Å². The van der Waals surface area contributed by atoms with Gasteiger partial charge in [0.15, 0.2) is 0 Å². The molecule has 1 fully saturated rings. The van der Waals surface area contributed by atoms with Gasteiger partial charge < -0.3 is 19.4 Å². The van der Waals surface area contributed by atoms with Gasteiger partial charge in [-0.05, 0) is 50.0 Å². The highest BCUT2D eigenvalue weighted by atomic mass is 32.1. The quantitative estimate of drug-likeness (QED) is 0.398. The van der Waals surface area contributed by atoms with Crippen LogP contribution in [0.2, 0.25) is 0 Å². The number of aryl methyl sites for hydroxylation is 1. The van der Waals surface area contributed by atoms with E-state index in [0.29, 0.717) is 31.8 Å². The predicted octanol–water partition coefficient (Wildman–Crippen LogP) is 3.74. The Morgan fingerprint density at radius 1 is 1.20 bits per heavy atom. The standard InChI is InChI=1S/C26H34FN5O2S/c1-20-24(19-31(10-6-15-34-3)25(33)18-23-9-5-16-35-23)26(30-13-11-29(2)12-14-30)32(28-20)22-8-4-7-21(27)17-22/h4-5,7-9,16-17H,6,10-15,18-19H2,1-3H3. The third kappa shape index (κ3) is 6.28. The first kappa shape index (κ1) is 25.3. The van der Waals surface area contributed by atoms with Crippen LogP contribution in [0.1, 0.15) is 22.6 Å². The molecule has 0 N–H and O–H groups in total. The molecule has 35 heavy (non-hydrogen) atoms. The number of hydrogen-bond acceptors (Lipinski definition) is 6. The molecule has 2 aromatic heterocycles. The number of hydrogen-bond donors (Lipinski definition) is 0. The van der Waals surface area contributed by atoms with E-state index < -0.39 is 0 Å². The molecular weight excluding hydrogens is 465 g/mol. The van der Waals surface area contributed by atoms with Crippen molar-refractivity contribution in [1.29, 1.82) is 0 Å². The van der Waals surface area contributed by atoms with E-state index in [1.165, 1.54) is 12.1 Å². The van der Waals surface area contributed by atoms with E-state index in [2.05, 4.69) is 16.8 Å². The lowest BCUT2D eigenvalue weighted by molar-refractivity contribution is -0.131. The van der Waals surface area contributed by atoms with E-state index in [1.807, 2.05) is 40.1 Å². The number of likely N-dealkylation sites (N-methyl/N-ethyl adjacent to an activating group) is 1. The first-order valence-electron chi connectivity index (χ1n) is 12.0. The van der Waals surface area contributed by atoms with Gasteiger partial charge in [0.05, 0.1) is 24.3 Å². The maximum atomic E-state index is 14.1. The summed E-state index contributed by atoms with van der Waals surface area (Å²) in [5.74, 6) is 0.737. The number of aromatic nitrogens is 2. The van der Waals surface area contributed by atoms with Crippen molar-refractivity contribution < 1.29 is 13.9 Å². The molecule has 3 heterocycles. The molecule has 0 unspecified atom stereocenters. The van der Waals surface area contributed by atoms with Crippen molar-refractivity contribution in [2.24, 2.45) is 0 Å². The predicted molar refractivity (Wildman–Crippen MR) is 138 cm³/mol. The minimum atomic E-state index is -0.297. The van der Waals surface area contributed by atoms with Gasteiger partial charge in [-0.3, -0.25) is 4.79 Å². The highest BCUT2D eigenvalue weighted by Crippen LogP contribution is 2.30. The molecule has 188 valence electrons. The average Bonchev–Trinajstić information content (AvgIpc) is 3.47. The van der Waals surface area contributed by atoms with Crippen LogP contribution in [-0.2, 0) is 22.5 Å². The summed E-state index contributed by atoms with van der Waals surface area (Å²) < 4.78 is 21.2. The molecule has 9 heteroatoms. The molecule has 0 saturated carbocycles. The summed E-state index contributed by atoms with van der Waals surface area (Å²) in [6.45, 7) is 7.18. The third-order valence-corrected chi connectivity index (χ3v) is 7.27. The molecule has 1 aromatic carbocycles. The summed E-state index contributed by atoms with van der Waals surface area (Å²) in [6.07, 6.45) is 1.14. The van der Waals surface area contributed by atoms with Crippen molar-refractivity contribution >= 4 is 23.1 Å². The van der Waals surface area contributed by atoms with Crippen LogP contribution < -0.4 is 4.90 Å². The fourth-order valence-corrected chi connectivity index (χ4v) is 5.12. The van der Waals surface area contributed by atoms with Crippen LogP contribution in [0.15, 0.2) is 41.8 Å². The van der Waals surface area contributed by atoms with Gasteiger partial charge >= 0.3 is 0 Å². The summed E-state index contributed by atoms with van der Waals surface area (Å²) in [7, 11) is 3.80. The van der Waals surface area contributed by atoms with Crippen LogP contribution >= 0.6 is 11.3 Å². The van der Waals surface area contributed by atoms with E-state index in [0.717, 1.165) is 54.6 Å². The molecule has 3 aromatic rings. The normalized spacial score (nSPS) is 14.5. The van der Waals surface area contributed by atoms with E-state index >= 15 is 0 Å². The Hall–Kier alpha value is -2.75. The van der Waals surface area contributed by atoms with E-state index in [4.69, 9.17) is 9.84 Å². The molecule has 0 atom stereocenters. The molecule has 1 aliphatic heterocycles. The Labute approximate surface area is 210 Å². The molecule has 0 aliphatic carbocycles. The highest BCUT2D eigenvalue weighted by Gasteiger charge is 2.27. The summed E-state index contributed by atoms with van der Waals surface area (Å²) in [5.41, 5.74) is 2.55. The molecule has 1 aliphatic rings. The Morgan fingerprint density at radius 2 is 2.00 bits per heavy atom. The molecule has 0 spiro atoms. The number of benzene rings is 1. The first-order chi connectivity index (χ1) is 17.0. The van der Waals surface area contributed by atoms with Gasteiger partial charge in [0.25, 0.3) is 0 Å². The van der Waals surface area contributed by atoms with Gasteiger partial charge in [0.2, 0.25) is 5.91 Å². The maximum absolute atomic E-state index is 14.1. The van der Waals surface area contributed by atoms with E-state index in [9.17, 15) is 9.18 Å². The molecule has 1 amide bonds. The van der Waals surface area contributed by atoms with Crippen molar-refractivity contribution in [3.05, 3.63) is 63.7 Å². The van der Waals surface area contributed by atoms with Gasteiger partial charge in [-0.15, -0.1) is 11.3 Å². The fraction of sp³-hybridized carbons (Fsp3) is 0.462. The number of thiophene rings is 1. The number of piperazine rings is 1. The Bertz CT molecular complexity index is 1110. The number of anilines is 1. The molecule has 4 rings (SSSR count). The summed E-state index contributed by atoms with van der Waals surface area (Å²) >= 11 is 1.60. The van der Waals surface area contributed by atoms with Crippen LogP contribution in [-0.4, -0.2) is 79.0 Å².